The molecule has 136 valence electrons. The minimum Gasteiger partial charge on any atom is -0.490 e. The molecular weight excluding hydrogens is 314 g/mol. The molecule has 0 aliphatic carbocycles. The van der Waals surface area contributed by atoms with E-state index < -0.39 is 0 Å². The molecule has 2 aromatic carbocycles. The first kappa shape index (κ1) is 19.1. The summed E-state index contributed by atoms with van der Waals surface area (Å²) < 4.78 is 17.5. The smallest absolute Gasteiger partial charge is 0.161 e. The summed E-state index contributed by atoms with van der Waals surface area (Å²) in [6.07, 6.45) is 0. The summed E-state index contributed by atoms with van der Waals surface area (Å²) in [7, 11) is 1.93. The fourth-order valence-electron chi connectivity index (χ4n) is 2.65. The van der Waals surface area contributed by atoms with Gasteiger partial charge >= 0.3 is 0 Å². The zero-order chi connectivity index (χ0) is 18.1. The second-order valence-corrected chi connectivity index (χ2v) is 6.13. The molecule has 0 radical (unpaired) electrons. The molecule has 0 aliphatic rings. The molecule has 2 aromatic rings. The van der Waals surface area contributed by atoms with Gasteiger partial charge in [0.05, 0.1) is 6.61 Å². The van der Waals surface area contributed by atoms with Gasteiger partial charge in [0.15, 0.2) is 11.5 Å². The van der Waals surface area contributed by atoms with Crippen molar-refractivity contribution >= 4 is 0 Å². The number of hydrogen-bond acceptors (Lipinski definition) is 4. The summed E-state index contributed by atoms with van der Waals surface area (Å²) in [4.78, 5) is 0. The highest BCUT2D eigenvalue weighted by Crippen LogP contribution is 2.29. The highest BCUT2D eigenvalue weighted by atomic mass is 16.5. The largest absolute Gasteiger partial charge is 0.490 e. The topological polar surface area (TPSA) is 39.7 Å². The van der Waals surface area contributed by atoms with Crippen molar-refractivity contribution in [1.29, 1.82) is 0 Å². The van der Waals surface area contributed by atoms with Crippen LogP contribution in [-0.2, 0) is 6.54 Å². The van der Waals surface area contributed by atoms with Crippen molar-refractivity contribution in [3.05, 3.63) is 53.6 Å². The lowest BCUT2D eigenvalue weighted by molar-refractivity contribution is 0.207. The zero-order valence-corrected chi connectivity index (χ0v) is 15.7. The molecule has 0 amide bonds. The predicted molar refractivity (Wildman–Crippen MR) is 102 cm³/mol. The molecular formula is C21H29NO3. The number of ether oxygens (including phenoxy) is 3. The zero-order valence-electron chi connectivity index (χ0n) is 15.7. The Bertz CT molecular complexity index is 655. The van der Waals surface area contributed by atoms with Crippen molar-refractivity contribution in [2.75, 3.05) is 26.9 Å². The average molecular weight is 343 g/mol. The highest BCUT2D eigenvalue weighted by molar-refractivity contribution is 5.43. The molecule has 2 rings (SSSR count). The molecule has 1 N–H and O–H groups in total. The van der Waals surface area contributed by atoms with E-state index >= 15 is 0 Å². The Morgan fingerprint density at radius 1 is 0.880 bits per heavy atom. The van der Waals surface area contributed by atoms with Gasteiger partial charge in [-0.25, -0.2) is 0 Å². The fraction of sp³-hybridized carbons (Fsp3) is 0.429. The van der Waals surface area contributed by atoms with Crippen LogP contribution in [0.1, 0.15) is 37.8 Å². The van der Waals surface area contributed by atoms with Crippen LogP contribution in [0.4, 0.5) is 0 Å². The van der Waals surface area contributed by atoms with Crippen LogP contribution in [0.15, 0.2) is 42.5 Å². The van der Waals surface area contributed by atoms with Crippen molar-refractivity contribution < 1.29 is 14.2 Å². The van der Waals surface area contributed by atoms with Crippen molar-refractivity contribution in [2.45, 2.75) is 33.2 Å². The molecule has 0 unspecified atom stereocenters. The summed E-state index contributed by atoms with van der Waals surface area (Å²) >= 11 is 0. The lowest BCUT2D eigenvalue weighted by atomic mass is 10.0. The Balaban J connectivity index is 1.93. The lowest BCUT2D eigenvalue weighted by Crippen LogP contribution is -2.11. The van der Waals surface area contributed by atoms with Crippen LogP contribution in [0.2, 0.25) is 0 Å². The maximum Gasteiger partial charge on any atom is 0.161 e. The first-order valence-electron chi connectivity index (χ1n) is 8.90. The van der Waals surface area contributed by atoms with Crippen LogP contribution in [0.5, 0.6) is 17.2 Å². The van der Waals surface area contributed by atoms with Gasteiger partial charge in [-0.2, -0.15) is 0 Å². The Morgan fingerprint density at radius 3 is 2.28 bits per heavy atom. The predicted octanol–water partition coefficient (Wildman–Crippen LogP) is 4.39. The van der Waals surface area contributed by atoms with E-state index in [2.05, 4.69) is 25.2 Å². The fourth-order valence-corrected chi connectivity index (χ4v) is 2.65. The first-order chi connectivity index (χ1) is 12.2. The minimum absolute atomic E-state index is 0.432. The Labute approximate surface area is 151 Å². The molecule has 0 atom stereocenters. The van der Waals surface area contributed by atoms with Crippen LogP contribution in [0.25, 0.3) is 0 Å². The number of para-hydroxylation sites is 1. The monoisotopic (exact) mass is 343 g/mol. The second-order valence-electron chi connectivity index (χ2n) is 6.13. The van der Waals surface area contributed by atoms with Crippen molar-refractivity contribution in [1.82, 2.24) is 5.32 Å². The number of benzene rings is 2. The average Bonchev–Trinajstić information content (AvgIpc) is 2.61. The Hall–Kier alpha value is -2.20. The highest BCUT2D eigenvalue weighted by Gasteiger charge is 2.08. The molecule has 0 aliphatic heterocycles. The van der Waals surface area contributed by atoms with E-state index in [0.717, 1.165) is 23.8 Å². The van der Waals surface area contributed by atoms with Gasteiger partial charge in [0.25, 0.3) is 0 Å². The van der Waals surface area contributed by atoms with Gasteiger partial charge in [0.2, 0.25) is 0 Å². The maximum atomic E-state index is 5.91. The van der Waals surface area contributed by atoms with Crippen LogP contribution >= 0.6 is 0 Å². The summed E-state index contributed by atoms with van der Waals surface area (Å²) in [5.41, 5.74) is 2.38. The molecule has 0 saturated carbocycles. The van der Waals surface area contributed by atoms with Gasteiger partial charge in [-0.3, -0.25) is 0 Å². The SMILES string of the molecule is CCOc1cc(CNC)ccc1OCCOc1ccccc1C(C)C. The molecule has 0 aromatic heterocycles. The van der Waals surface area contributed by atoms with E-state index in [9.17, 15) is 0 Å². The van der Waals surface area contributed by atoms with E-state index in [-0.39, 0.29) is 0 Å². The van der Waals surface area contributed by atoms with Gasteiger partial charge in [-0.15, -0.1) is 0 Å². The van der Waals surface area contributed by atoms with Crippen molar-refractivity contribution in [3.8, 4) is 17.2 Å². The van der Waals surface area contributed by atoms with Gasteiger partial charge in [0.1, 0.15) is 19.0 Å². The Kier molecular flexibility index (Phi) is 7.61. The van der Waals surface area contributed by atoms with Gasteiger partial charge in [-0.05, 0) is 49.2 Å². The van der Waals surface area contributed by atoms with Crippen molar-refractivity contribution in [2.24, 2.45) is 0 Å². The lowest BCUT2D eigenvalue weighted by Gasteiger charge is -2.16. The quantitative estimate of drug-likeness (QED) is 0.650. The molecule has 0 saturated heterocycles. The molecule has 4 nitrogen and oxygen atoms in total. The molecule has 25 heavy (non-hydrogen) atoms. The first-order valence-corrected chi connectivity index (χ1v) is 8.90. The summed E-state index contributed by atoms with van der Waals surface area (Å²) in [6, 6.07) is 14.2. The molecule has 0 spiro atoms. The van der Waals surface area contributed by atoms with Gasteiger partial charge in [-0.1, -0.05) is 38.1 Å². The third kappa shape index (κ3) is 5.68. The van der Waals surface area contributed by atoms with Crippen molar-refractivity contribution in [3.63, 3.8) is 0 Å². The molecule has 0 heterocycles. The standard InChI is InChI=1S/C21H29NO3/c1-5-23-21-14-17(15-22-4)10-11-20(21)25-13-12-24-19-9-7-6-8-18(19)16(2)3/h6-11,14,16,22H,5,12-13,15H2,1-4H3. The number of hydrogen-bond donors (Lipinski definition) is 1. The van der Waals surface area contributed by atoms with Crippen LogP contribution < -0.4 is 19.5 Å². The molecule has 0 fully saturated rings. The van der Waals surface area contributed by atoms with E-state index in [1.165, 1.54) is 11.1 Å². The summed E-state index contributed by atoms with van der Waals surface area (Å²) in [6.45, 7) is 8.68. The van der Waals surface area contributed by atoms with Crippen LogP contribution in [0, 0.1) is 0 Å². The van der Waals surface area contributed by atoms with E-state index in [1.54, 1.807) is 0 Å². The molecule has 0 bridgehead atoms. The normalized spacial score (nSPS) is 10.8. The number of rotatable bonds is 10. The third-order valence-electron chi connectivity index (χ3n) is 3.83. The maximum absolute atomic E-state index is 5.91. The van der Waals surface area contributed by atoms with Crippen LogP contribution in [-0.4, -0.2) is 26.9 Å². The minimum atomic E-state index is 0.432. The molecule has 4 heteroatoms. The van der Waals surface area contributed by atoms with E-state index in [4.69, 9.17) is 14.2 Å². The Morgan fingerprint density at radius 2 is 1.60 bits per heavy atom. The van der Waals surface area contributed by atoms with E-state index in [1.807, 2.05) is 50.4 Å². The van der Waals surface area contributed by atoms with Crippen LogP contribution in [0.3, 0.4) is 0 Å². The van der Waals surface area contributed by atoms with Gasteiger partial charge in [0, 0.05) is 6.54 Å². The van der Waals surface area contributed by atoms with E-state index in [0.29, 0.717) is 25.7 Å². The number of nitrogens with one attached hydrogen (secondary N) is 1. The summed E-state index contributed by atoms with van der Waals surface area (Å²) in [5.74, 6) is 2.89. The van der Waals surface area contributed by atoms with Gasteiger partial charge < -0.3 is 19.5 Å². The third-order valence-corrected chi connectivity index (χ3v) is 3.83. The second kappa shape index (κ2) is 9.94. The summed E-state index contributed by atoms with van der Waals surface area (Å²) in [5, 5.41) is 3.14.